The first kappa shape index (κ1) is 13.9. The minimum atomic E-state index is -2.17. The predicted molar refractivity (Wildman–Crippen MR) is 71.2 cm³/mol. The summed E-state index contributed by atoms with van der Waals surface area (Å²) in [7, 11) is -2.17. The van der Waals surface area contributed by atoms with Crippen LogP contribution in [0.15, 0.2) is 6.07 Å². The zero-order chi connectivity index (χ0) is 12.3. The van der Waals surface area contributed by atoms with Crippen molar-refractivity contribution in [2.24, 2.45) is 0 Å². The SMILES string of the molecule is C=P(C)(OCC)Oc1nc(C)c(Cl)cc1Cl. The van der Waals surface area contributed by atoms with Crippen molar-refractivity contribution in [1.29, 1.82) is 0 Å². The van der Waals surface area contributed by atoms with Crippen molar-refractivity contribution in [2.45, 2.75) is 13.8 Å². The first-order valence-electron chi connectivity index (χ1n) is 4.73. The lowest BCUT2D eigenvalue weighted by atomic mass is 10.4. The van der Waals surface area contributed by atoms with E-state index < -0.39 is 7.34 Å². The molecule has 0 radical (unpaired) electrons. The highest BCUT2D eigenvalue weighted by Gasteiger charge is 2.14. The molecule has 0 saturated carbocycles. The van der Waals surface area contributed by atoms with Gasteiger partial charge in [0.25, 0.3) is 0 Å². The average molecular weight is 282 g/mol. The van der Waals surface area contributed by atoms with Crippen LogP contribution in [0.5, 0.6) is 5.88 Å². The van der Waals surface area contributed by atoms with E-state index in [0.717, 1.165) is 0 Å². The second kappa shape index (κ2) is 5.42. The summed E-state index contributed by atoms with van der Waals surface area (Å²) in [5, 5.41) is 0.878. The Bertz CT molecular complexity index is 437. The molecule has 0 saturated heterocycles. The van der Waals surface area contributed by atoms with Crippen LogP contribution in [0.4, 0.5) is 0 Å². The number of hydrogen-bond acceptors (Lipinski definition) is 3. The molecule has 0 aliphatic carbocycles. The number of aromatic nitrogens is 1. The van der Waals surface area contributed by atoms with Crippen LogP contribution < -0.4 is 4.52 Å². The molecule has 3 nitrogen and oxygen atoms in total. The summed E-state index contributed by atoms with van der Waals surface area (Å²) in [5.41, 5.74) is 0.664. The van der Waals surface area contributed by atoms with Crippen LogP contribution in [0.3, 0.4) is 0 Å². The Morgan fingerprint density at radius 2 is 2.06 bits per heavy atom. The smallest absolute Gasteiger partial charge is 0.237 e. The summed E-state index contributed by atoms with van der Waals surface area (Å²) < 4.78 is 11.0. The van der Waals surface area contributed by atoms with E-state index in [1.165, 1.54) is 0 Å². The standard InChI is InChI=1S/C10H14Cl2NO2P/c1-5-14-16(3,4)15-10-9(12)6-8(11)7(2)13-10/h6H,3,5H2,1-2,4H3. The van der Waals surface area contributed by atoms with Crippen LogP contribution in [0, 0.1) is 6.92 Å². The van der Waals surface area contributed by atoms with Gasteiger partial charge in [-0.3, -0.25) is 0 Å². The Hall–Kier alpha value is -0.210. The van der Waals surface area contributed by atoms with E-state index in [1.807, 2.05) is 6.92 Å². The van der Waals surface area contributed by atoms with Gasteiger partial charge in [-0.15, -0.1) is 0 Å². The van der Waals surface area contributed by atoms with Crippen LogP contribution in [0.1, 0.15) is 12.6 Å². The molecular formula is C10H14Cl2NO2P. The van der Waals surface area contributed by atoms with E-state index in [0.29, 0.717) is 28.2 Å². The summed E-state index contributed by atoms with van der Waals surface area (Å²) in [6, 6.07) is 1.60. The molecule has 90 valence electrons. The Balaban J connectivity index is 2.98. The summed E-state index contributed by atoms with van der Waals surface area (Å²) in [4.78, 5) is 4.16. The lowest BCUT2D eigenvalue weighted by Gasteiger charge is -2.20. The van der Waals surface area contributed by atoms with E-state index in [4.69, 9.17) is 32.2 Å². The lowest BCUT2D eigenvalue weighted by molar-refractivity contribution is 0.331. The minimum Gasteiger partial charge on any atom is -0.434 e. The topological polar surface area (TPSA) is 31.4 Å². The number of hydrogen-bond donors (Lipinski definition) is 0. The molecule has 0 amide bonds. The first-order valence-corrected chi connectivity index (χ1v) is 7.74. The van der Waals surface area contributed by atoms with Gasteiger partial charge in [-0.25, -0.2) is 4.98 Å². The van der Waals surface area contributed by atoms with Crippen LogP contribution in [0.25, 0.3) is 0 Å². The number of aryl methyl sites for hydroxylation is 1. The van der Waals surface area contributed by atoms with Gasteiger partial charge in [0.15, 0.2) is 7.34 Å². The van der Waals surface area contributed by atoms with Gasteiger partial charge in [0.05, 0.1) is 17.3 Å². The Morgan fingerprint density at radius 1 is 1.44 bits per heavy atom. The zero-order valence-electron chi connectivity index (χ0n) is 9.46. The molecule has 0 aliphatic rings. The van der Waals surface area contributed by atoms with Gasteiger partial charge in [-0.2, -0.15) is 0 Å². The molecule has 1 aromatic rings. The van der Waals surface area contributed by atoms with Crippen LogP contribution in [-0.4, -0.2) is 24.6 Å². The van der Waals surface area contributed by atoms with E-state index in [-0.39, 0.29) is 0 Å². The predicted octanol–water partition coefficient (Wildman–Crippen LogP) is 4.02. The lowest BCUT2D eigenvalue weighted by Crippen LogP contribution is -1.99. The van der Waals surface area contributed by atoms with E-state index in [9.17, 15) is 0 Å². The molecule has 0 spiro atoms. The van der Waals surface area contributed by atoms with Gasteiger partial charge in [0.1, 0.15) is 5.02 Å². The summed E-state index contributed by atoms with van der Waals surface area (Å²) in [6.07, 6.45) is 3.88. The van der Waals surface area contributed by atoms with Crippen molar-refractivity contribution in [3.05, 3.63) is 21.8 Å². The van der Waals surface area contributed by atoms with Gasteiger partial charge in [0.2, 0.25) is 5.88 Å². The van der Waals surface area contributed by atoms with Gasteiger partial charge in [-0.1, -0.05) is 23.2 Å². The zero-order valence-corrected chi connectivity index (χ0v) is 11.9. The number of nitrogens with zero attached hydrogens (tertiary/aromatic N) is 1. The van der Waals surface area contributed by atoms with Crippen molar-refractivity contribution >= 4 is 36.8 Å². The highest BCUT2D eigenvalue weighted by Crippen LogP contribution is 2.45. The molecule has 0 aliphatic heterocycles. The fourth-order valence-corrected chi connectivity index (χ4v) is 2.64. The summed E-state index contributed by atoms with van der Waals surface area (Å²) in [5.74, 6) is 0.322. The van der Waals surface area contributed by atoms with E-state index in [1.54, 1.807) is 19.7 Å². The van der Waals surface area contributed by atoms with Gasteiger partial charge < -0.3 is 9.05 Å². The minimum absolute atomic E-state index is 0.322. The third-order valence-corrected chi connectivity index (χ3v) is 3.77. The Labute approximate surface area is 106 Å². The normalized spacial score (nSPS) is 14.6. The molecule has 1 atom stereocenters. The fraction of sp³-hybridized carbons (Fsp3) is 0.400. The quantitative estimate of drug-likeness (QED) is 0.781. The molecule has 1 aromatic heterocycles. The van der Waals surface area contributed by atoms with Gasteiger partial charge >= 0.3 is 0 Å². The van der Waals surface area contributed by atoms with E-state index >= 15 is 0 Å². The Morgan fingerprint density at radius 3 is 2.62 bits per heavy atom. The molecule has 1 rings (SSSR count). The number of halogens is 2. The maximum absolute atomic E-state index is 5.97. The monoisotopic (exact) mass is 281 g/mol. The van der Waals surface area contributed by atoms with Crippen LogP contribution in [0.2, 0.25) is 10.0 Å². The molecular weight excluding hydrogens is 268 g/mol. The molecule has 16 heavy (non-hydrogen) atoms. The molecule has 0 aromatic carbocycles. The van der Waals surface area contributed by atoms with Gasteiger partial charge in [0, 0.05) is 6.66 Å². The maximum atomic E-state index is 5.97. The third-order valence-electron chi connectivity index (χ3n) is 1.75. The van der Waals surface area contributed by atoms with E-state index in [2.05, 4.69) is 11.3 Å². The number of rotatable bonds is 4. The molecule has 1 heterocycles. The average Bonchev–Trinajstić information content (AvgIpc) is 2.13. The van der Waals surface area contributed by atoms with Crippen LogP contribution in [-0.2, 0) is 4.52 Å². The molecule has 0 N–H and O–H groups in total. The highest BCUT2D eigenvalue weighted by molar-refractivity contribution is 7.64. The summed E-state index contributed by atoms with van der Waals surface area (Å²) >= 11 is 11.8. The molecule has 1 unspecified atom stereocenters. The second-order valence-electron chi connectivity index (χ2n) is 3.37. The van der Waals surface area contributed by atoms with Crippen molar-refractivity contribution < 1.29 is 9.05 Å². The third kappa shape index (κ3) is 3.67. The molecule has 6 heteroatoms. The van der Waals surface area contributed by atoms with Crippen molar-refractivity contribution in [3.63, 3.8) is 0 Å². The van der Waals surface area contributed by atoms with Gasteiger partial charge in [-0.05, 0) is 26.2 Å². The fourth-order valence-electron chi connectivity index (χ4n) is 1.08. The largest absolute Gasteiger partial charge is 0.434 e. The second-order valence-corrected chi connectivity index (χ2v) is 6.65. The molecule has 0 fully saturated rings. The maximum Gasteiger partial charge on any atom is 0.237 e. The highest BCUT2D eigenvalue weighted by atomic mass is 35.5. The van der Waals surface area contributed by atoms with Crippen molar-refractivity contribution in [2.75, 3.05) is 13.3 Å². The van der Waals surface area contributed by atoms with Crippen molar-refractivity contribution in [1.82, 2.24) is 4.98 Å². The summed E-state index contributed by atoms with van der Waals surface area (Å²) in [6.45, 7) is 6.01. The van der Waals surface area contributed by atoms with Crippen molar-refractivity contribution in [3.8, 4) is 5.88 Å². The van der Waals surface area contributed by atoms with Crippen LogP contribution >= 0.6 is 30.5 Å². The molecule has 0 bridgehead atoms. The first-order chi connectivity index (χ1) is 7.35. The number of pyridine rings is 1. The Kier molecular flexibility index (Phi) is 4.69.